The van der Waals surface area contributed by atoms with Gasteiger partial charge in [0.15, 0.2) is 0 Å². The Hall–Kier alpha value is -2.79. The van der Waals surface area contributed by atoms with Crippen molar-refractivity contribution in [3.8, 4) is 5.75 Å². The van der Waals surface area contributed by atoms with E-state index in [0.717, 1.165) is 29.1 Å². The zero-order valence-electron chi connectivity index (χ0n) is 14.4. The highest BCUT2D eigenvalue weighted by atomic mass is 16.5. The Labute approximate surface area is 148 Å². The van der Waals surface area contributed by atoms with Gasteiger partial charge in [-0.05, 0) is 42.3 Å². The monoisotopic (exact) mass is 340 g/mol. The van der Waals surface area contributed by atoms with Gasteiger partial charge in [0.05, 0.1) is 0 Å². The number of aliphatic hydroxyl groups excluding tert-OH is 1. The lowest BCUT2D eigenvalue weighted by Gasteiger charge is -2.16. The summed E-state index contributed by atoms with van der Waals surface area (Å²) in [6.45, 7) is 5.77. The van der Waals surface area contributed by atoms with Gasteiger partial charge in [-0.25, -0.2) is 0 Å². The molecule has 0 radical (unpaired) electrons. The number of rotatable bonds is 9. The van der Waals surface area contributed by atoms with Crippen LogP contribution in [-0.4, -0.2) is 30.3 Å². The Balaban J connectivity index is 1.80. The van der Waals surface area contributed by atoms with E-state index in [1.54, 1.807) is 12.1 Å². The number of para-hydroxylation sites is 1. The van der Waals surface area contributed by atoms with Gasteiger partial charge in [0.25, 0.3) is 0 Å². The second kappa shape index (κ2) is 9.49. The van der Waals surface area contributed by atoms with Gasteiger partial charge < -0.3 is 20.5 Å². The van der Waals surface area contributed by atoms with Gasteiger partial charge in [-0.1, -0.05) is 24.3 Å². The van der Waals surface area contributed by atoms with E-state index < -0.39 is 6.10 Å². The minimum atomic E-state index is -0.646. The number of benzene rings is 2. The fourth-order valence-electron chi connectivity index (χ4n) is 2.32. The minimum Gasteiger partial charge on any atom is -0.491 e. The third kappa shape index (κ3) is 6.31. The minimum absolute atomic E-state index is 0.106. The number of carbonyl (C=O) groups excluding carboxylic acids is 1. The van der Waals surface area contributed by atoms with Crippen molar-refractivity contribution < 1.29 is 14.6 Å². The molecular weight excluding hydrogens is 316 g/mol. The van der Waals surface area contributed by atoms with Crippen LogP contribution in [0.3, 0.4) is 0 Å². The number of hydrogen-bond donors (Lipinski definition) is 3. The first kappa shape index (κ1) is 18.5. The van der Waals surface area contributed by atoms with Gasteiger partial charge in [0, 0.05) is 24.8 Å². The van der Waals surface area contributed by atoms with Crippen LogP contribution < -0.4 is 15.4 Å². The van der Waals surface area contributed by atoms with Crippen LogP contribution in [0.2, 0.25) is 0 Å². The van der Waals surface area contributed by atoms with Gasteiger partial charge in [-0.15, -0.1) is 6.58 Å². The van der Waals surface area contributed by atoms with Crippen LogP contribution in [0.25, 0.3) is 0 Å². The fourth-order valence-corrected chi connectivity index (χ4v) is 2.32. The quantitative estimate of drug-likeness (QED) is 0.613. The summed E-state index contributed by atoms with van der Waals surface area (Å²) < 4.78 is 5.72. The Bertz CT molecular complexity index is 698. The zero-order valence-corrected chi connectivity index (χ0v) is 14.4. The largest absolute Gasteiger partial charge is 0.491 e. The summed E-state index contributed by atoms with van der Waals surface area (Å²) in [5.74, 6) is 0.658. The summed E-state index contributed by atoms with van der Waals surface area (Å²) in [5.41, 5.74) is 2.65. The molecule has 3 N–H and O–H groups in total. The maximum absolute atomic E-state index is 11.0. The van der Waals surface area contributed by atoms with Crippen molar-refractivity contribution in [1.29, 1.82) is 0 Å². The Kier molecular flexibility index (Phi) is 7.04. The van der Waals surface area contributed by atoms with Gasteiger partial charge in [-0.3, -0.25) is 4.79 Å². The van der Waals surface area contributed by atoms with Crippen LogP contribution in [0.5, 0.6) is 5.75 Å². The van der Waals surface area contributed by atoms with Crippen molar-refractivity contribution in [2.45, 2.75) is 19.4 Å². The highest BCUT2D eigenvalue weighted by Crippen LogP contribution is 2.19. The lowest BCUT2D eigenvalue weighted by Crippen LogP contribution is -2.26. The maximum atomic E-state index is 11.0. The van der Waals surface area contributed by atoms with Crippen LogP contribution in [-0.2, 0) is 11.2 Å². The van der Waals surface area contributed by atoms with E-state index in [-0.39, 0.29) is 12.5 Å². The molecule has 2 aromatic carbocycles. The van der Waals surface area contributed by atoms with Crippen molar-refractivity contribution in [2.75, 3.05) is 23.8 Å². The average molecular weight is 340 g/mol. The predicted octanol–water partition coefficient (Wildman–Crippen LogP) is 3.23. The molecule has 132 valence electrons. The van der Waals surface area contributed by atoms with E-state index in [1.165, 1.54) is 6.92 Å². The summed E-state index contributed by atoms with van der Waals surface area (Å²) in [4.78, 5) is 11.0. The molecular formula is C20H24N2O3. The third-order valence-electron chi connectivity index (χ3n) is 3.52. The molecule has 1 unspecified atom stereocenters. The van der Waals surface area contributed by atoms with Crippen molar-refractivity contribution >= 4 is 17.3 Å². The van der Waals surface area contributed by atoms with Gasteiger partial charge in [0.2, 0.25) is 5.91 Å². The van der Waals surface area contributed by atoms with E-state index in [2.05, 4.69) is 17.2 Å². The number of hydrogen-bond acceptors (Lipinski definition) is 4. The van der Waals surface area contributed by atoms with Crippen molar-refractivity contribution in [1.82, 2.24) is 0 Å². The van der Waals surface area contributed by atoms with E-state index in [1.807, 2.05) is 42.5 Å². The topological polar surface area (TPSA) is 70.6 Å². The SMILES string of the molecule is C=CCc1ccccc1OCC(O)CNc1ccc(NC(C)=O)cc1. The number of carbonyl (C=O) groups is 1. The molecule has 0 spiro atoms. The molecule has 0 aliphatic carbocycles. The summed E-state index contributed by atoms with van der Waals surface area (Å²) in [7, 11) is 0. The highest BCUT2D eigenvalue weighted by molar-refractivity contribution is 5.88. The van der Waals surface area contributed by atoms with Crippen LogP contribution in [0.1, 0.15) is 12.5 Å². The Morgan fingerprint density at radius 1 is 1.20 bits per heavy atom. The second-order valence-corrected chi connectivity index (χ2v) is 5.70. The van der Waals surface area contributed by atoms with Crippen LogP contribution in [0, 0.1) is 0 Å². The summed E-state index contributed by atoms with van der Waals surface area (Å²) in [5, 5.41) is 16.0. The molecule has 0 aliphatic heterocycles. The second-order valence-electron chi connectivity index (χ2n) is 5.70. The van der Waals surface area contributed by atoms with Crippen molar-refractivity contribution in [3.63, 3.8) is 0 Å². The Morgan fingerprint density at radius 2 is 1.88 bits per heavy atom. The molecule has 25 heavy (non-hydrogen) atoms. The zero-order chi connectivity index (χ0) is 18.1. The Morgan fingerprint density at radius 3 is 2.56 bits per heavy atom. The molecule has 0 aromatic heterocycles. The summed E-state index contributed by atoms with van der Waals surface area (Å²) in [6.07, 6.45) is 1.91. The molecule has 0 saturated carbocycles. The molecule has 5 heteroatoms. The summed E-state index contributed by atoms with van der Waals surface area (Å²) >= 11 is 0. The molecule has 2 aromatic rings. The lowest BCUT2D eigenvalue weighted by molar-refractivity contribution is -0.114. The number of amides is 1. The number of aliphatic hydroxyl groups is 1. The van der Waals surface area contributed by atoms with Crippen LogP contribution in [0.4, 0.5) is 11.4 Å². The van der Waals surface area contributed by atoms with Crippen molar-refractivity contribution in [2.24, 2.45) is 0 Å². The fraction of sp³-hybridized carbons (Fsp3) is 0.250. The number of allylic oxidation sites excluding steroid dienone is 1. The molecule has 5 nitrogen and oxygen atoms in total. The number of nitrogens with one attached hydrogen (secondary N) is 2. The molecule has 1 atom stereocenters. The molecule has 0 bridgehead atoms. The predicted molar refractivity (Wildman–Crippen MR) is 101 cm³/mol. The molecule has 0 heterocycles. The van der Waals surface area contributed by atoms with E-state index >= 15 is 0 Å². The molecule has 0 saturated heterocycles. The molecule has 0 fully saturated rings. The molecule has 2 rings (SSSR count). The van der Waals surface area contributed by atoms with E-state index in [4.69, 9.17) is 4.74 Å². The maximum Gasteiger partial charge on any atom is 0.221 e. The van der Waals surface area contributed by atoms with E-state index in [0.29, 0.717) is 6.54 Å². The van der Waals surface area contributed by atoms with Gasteiger partial charge >= 0.3 is 0 Å². The standard InChI is InChI=1S/C20H24N2O3/c1-3-6-16-7-4-5-8-20(16)25-14-19(24)13-21-17-9-11-18(12-10-17)22-15(2)23/h3-5,7-12,19,21,24H,1,6,13-14H2,2H3,(H,22,23). The average Bonchev–Trinajstić information content (AvgIpc) is 2.60. The van der Waals surface area contributed by atoms with Gasteiger partial charge in [-0.2, -0.15) is 0 Å². The first-order chi connectivity index (χ1) is 12.1. The molecule has 1 amide bonds. The van der Waals surface area contributed by atoms with Crippen molar-refractivity contribution in [3.05, 3.63) is 66.7 Å². The highest BCUT2D eigenvalue weighted by Gasteiger charge is 2.07. The summed E-state index contributed by atoms with van der Waals surface area (Å²) in [6, 6.07) is 15.0. The lowest BCUT2D eigenvalue weighted by atomic mass is 10.1. The van der Waals surface area contributed by atoms with Crippen LogP contribution >= 0.6 is 0 Å². The number of anilines is 2. The number of ether oxygens (including phenoxy) is 1. The first-order valence-corrected chi connectivity index (χ1v) is 8.19. The third-order valence-corrected chi connectivity index (χ3v) is 3.52. The van der Waals surface area contributed by atoms with Crippen LogP contribution in [0.15, 0.2) is 61.2 Å². The van der Waals surface area contributed by atoms with Gasteiger partial charge in [0.1, 0.15) is 18.5 Å². The van der Waals surface area contributed by atoms with E-state index in [9.17, 15) is 9.90 Å². The molecule has 0 aliphatic rings. The smallest absolute Gasteiger partial charge is 0.221 e. The normalized spacial score (nSPS) is 11.4. The first-order valence-electron chi connectivity index (χ1n) is 8.19.